The highest BCUT2D eigenvalue weighted by Crippen LogP contribution is 2.52. The number of carbonyl (C=O) groups excluding carboxylic acids is 3. The standard InChI is InChI=1S/C21H35NO8/c1-4-7-12-28-17(25)20(22)11-10-15(16(23)24)21(20,18(26)29-13-8-5-2)19(27)30-14-9-6-3/h15H,4-14,22H2,1-3H3,(H,23,24). The van der Waals surface area contributed by atoms with E-state index in [0.717, 1.165) is 19.3 Å². The first-order chi connectivity index (χ1) is 14.2. The molecule has 0 aliphatic heterocycles. The van der Waals surface area contributed by atoms with Gasteiger partial charge in [0.1, 0.15) is 5.54 Å². The van der Waals surface area contributed by atoms with E-state index < -0.39 is 40.7 Å². The number of carboxylic acid groups (broad SMARTS) is 1. The van der Waals surface area contributed by atoms with Crippen molar-refractivity contribution in [1.29, 1.82) is 0 Å². The van der Waals surface area contributed by atoms with Crippen LogP contribution in [0, 0.1) is 11.3 Å². The fraction of sp³-hybridized carbons (Fsp3) is 0.810. The molecule has 3 N–H and O–H groups in total. The minimum Gasteiger partial charge on any atom is -0.481 e. The van der Waals surface area contributed by atoms with Crippen molar-refractivity contribution in [3.63, 3.8) is 0 Å². The summed E-state index contributed by atoms with van der Waals surface area (Å²) in [7, 11) is 0. The van der Waals surface area contributed by atoms with Gasteiger partial charge in [0.15, 0.2) is 0 Å². The molecule has 0 spiro atoms. The molecule has 0 saturated heterocycles. The fourth-order valence-electron chi connectivity index (χ4n) is 3.68. The van der Waals surface area contributed by atoms with E-state index in [1.54, 1.807) is 0 Å². The molecule has 0 heterocycles. The molecule has 172 valence electrons. The molecule has 0 radical (unpaired) electrons. The molecule has 2 unspecified atom stereocenters. The molecular formula is C21H35NO8. The normalized spacial score (nSPS) is 22.3. The molecule has 0 aromatic heterocycles. The molecule has 0 aromatic carbocycles. The topological polar surface area (TPSA) is 142 Å². The molecule has 1 aliphatic carbocycles. The molecule has 9 heteroatoms. The molecule has 1 rings (SSSR count). The Kier molecular flexibility index (Phi) is 10.2. The first-order valence-corrected chi connectivity index (χ1v) is 10.8. The monoisotopic (exact) mass is 429 g/mol. The van der Waals surface area contributed by atoms with E-state index in [1.165, 1.54) is 0 Å². The van der Waals surface area contributed by atoms with Crippen LogP contribution in [-0.4, -0.2) is 54.3 Å². The molecule has 2 atom stereocenters. The number of carbonyl (C=O) groups is 4. The van der Waals surface area contributed by atoms with Crippen molar-refractivity contribution in [3.8, 4) is 0 Å². The number of nitrogens with two attached hydrogens (primary N) is 1. The van der Waals surface area contributed by atoms with Gasteiger partial charge in [-0.05, 0) is 32.1 Å². The van der Waals surface area contributed by atoms with Gasteiger partial charge in [-0.1, -0.05) is 40.0 Å². The number of esters is 3. The number of ether oxygens (including phenoxy) is 3. The zero-order valence-electron chi connectivity index (χ0n) is 18.2. The highest BCUT2D eigenvalue weighted by molar-refractivity contribution is 6.11. The van der Waals surface area contributed by atoms with Crippen LogP contribution in [0.25, 0.3) is 0 Å². The lowest BCUT2D eigenvalue weighted by Crippen LogP contribution is -2.68. The molecule has 30 heavy (non-hydrogen) atoms. The summed E-state index contributed by atoms with van der Waals surface area (Å²) in [4.78, 5) is 51.4. The van der Waals surface area contributed by atoms with Crippen molar-refractivity contribution in [1.82, 2.24) is 0 Å². The summed E-state index contributed by atoms with van der Waals surface area (Å²) >= 11 is 0. The molecule has 0 amide bonds. The molecular weight excluding hydrogens is 394 g/mol. The first-order valence-electron chi connectivity index (χ1n) is 10.8. The van der Waals surface area contributed by atoms with Crippen LogP contribution in [0.1, 0.15) is 72.1 Å². The summed E-state index contributed by atoms with van der Waals surface area (Å²) in [6.45, 7) is 5.69. The minimum absolute atomic E-state index is 0.0212. The Morgan fingerprint density at radius 3 is 1.60 bits per heavy atom. The summed E-state index contributed by atoms with van der Waals surface area (Å²) in [5.41, 5.74) is 1.68. The van der Waals surface area contributed by atoms with Crippen LogP contribution in [-0.2, 0) is 33.4 Å². The van der Waals surface area contributed by atoms with Crippen molar-refractivity contribution < 1.29 is 38.5 Å². The lowest BCUT2D eigenvalue weighted by molar-refractivity contribution is -0.191. The van der Waals surface area contributed by atoms with Crippen LogP contribution in [0.2, 0.25) is 0 Å². The van der Waals surface area contributed by atoms with Crippen LogP contribution in [0.4, 0.5) is 0 Å². The van der Waals surface area contributed by atoms with Crippen LogP contribution in [0.5, 0.6) is 0 Å². The van der Waals surface area contributed by atoms with Gasteiger partial charge in [0.2, 0.25) is 5.41 Å². The van der Waals surface area contributed by atoms with Crippen LogP contribution in [0.3, 0.4) is 0 Å². The van der Waals surface area contributed by atoms with E-state index in [2.05, 4.69) is 0 Å². The summed E-state index contributed by atoms with van der Waals surface area (Å²) < 4.78 is 15.7. The van der Waals surface area contributed by atoms with E-state index in [0.29, 0.717) is 19.3 Å². The van der Waals surface area contributed by atoms with E-state index in [4.69, 9.17) is 19.9 Å². The maximum absolute atomic E-state index is 13.2. The summed E-state index contributed by atoms with van der Waals surface area (Å²) in [5, 5.41) is 9.79. The van der Waals surface area contributed by atoms with E-state index in [-0.39, 0.29) is 32.7 Å². The van der Waals surface area contributed by atoms with Gasteiger partial charge in [-0.25, -0.2) is 4.79 Å². The van der Waals surface area contributed by atoms with E-state index >= 15 is 0 Å². The van der Waals surface area contributed by atoms with Crippen LogP contribution < -0.4 is 5.73 Å². The van der Waals surface area contributed by atoms with Crippen LogP contribution in [0.15, 0.2) is 0 Å². The second kappa shape index (κ2) is 11.9. The summed E-state index contributed by atoms with van der Waals surface area (Å²) in [6.07, 6.45) is 3.44. The average Bonchev–Trinajstić information content (AvgIpc) is 3.03. The lowest BCUT2D eigenvalue weighted by Gasteiger charge is -2.39. The summed E-state index contributed by atoms with van der Waals surface area (Å²) in [6, 6.07) is 0. The third-order valence-corrected chi connectivity index (χ3v) is 5.55. The lowest BCUT2D eigenvalue weighted by atomic mass is 9.67. The van der Waals surface area contributed by atoms with Gasteiger partial charge in [-0.3, -0.25) is 14.4 Å². The Labute approximate surface area is 177 Å². The van der Waals surface area contributed by atoms with Gasteiger partial charge >= 0.3 is 23.9 Å². The molecule has 1 fully saturated rings. The predicted molar refractivity (Wildman–Crippen MR) is 107 cm³/mol. The Bertz CT molecular complexity index is 598. The van der Waals surface area contributed by atoms with Crippen molar-refractivity contribution >= 4 is 23.9 Å². The predicted octanol–water partition coefficient (Wildman–Crippen LogP) is 2.19. The van der Waals surface area contributed by atoms with Gasteiger partial charge in [0.05, 0.1) is 25.7 Å². The molecule has 1 aliphatic rings. The van der Waals surface area contributed by atoms with Gasteiger partial charge in [-0.2, -0.15) is 0 Å². The zero-order valence-corrected chi connectivity index (χ0v) is 18.2. The average molecular weight is 430 g/mol. The van der Waals surface area contributed by atoms with Crippen molar-refractivity contribution in [2.45, 2.75) is 77.7 Å². The Hall–Kier alpha value is -2.16. The molecule has 9 nitrogen and oxygen atoms in total. The zero-order chi connectivity index (χ0) is 22.8. The number of aliphatic carboxylic acids is 1. The van der Waals surface area contributed by atoms with Gasteiger partial charge in [0.25, 0.3) is 0 Å². The largest absolute Gasteiger partial charge is 0.481 e. The number of rotatable bonds is 13. The van der Waals surface area contributed by atoms with Crippen molar-refractivity contribution in [2.75, 3.05) is 19.8 Å². The highest BCUT2D eigenvalue weighted by Gasteiger charge is 2.75. The van der Waals surface area contributed by atoms with Crippen LogP contribution >= 0.6 is 0 Å². The minimum atomic E-state index is -2.50. The second-order valence-corrected chi connectivity index (χ2v) is 7.68. The van der Waals surface area contributed by atoms with Crippen molar-refractivity contribution in [3.05, 3.63) is 0 Å². The molecule has 1 saturated carbocycles. The second-order valence-electron chi connectivity index (χ2n) is 7.68. The number of carboxylic acids is 1. The quantitative estimate of drug-likeness (QED) is 0.195. The Balaban J connectivity index is 3.43. The summed E-state index contributed by atoms with van der Waals surface area (Å²) in [5.74, 6) is -6.23. The van der Waals surface area contributed by atoms with Crippen molar-refractivity contribution in [2.24, 2.45) is 17.1 Å². The first kappa shape index (κ1) is 25.9. The molecule has 0 bridgehead atoms. The van der Waals surface area contributed by atoms with E-state index in [1.807, 2.05) is 20.8 Å². The smallest absolute Gasteiger partial charge is 0.327 e. The number of hydrogen-bond donors (Lipinski definition) is 2. The number of unbranched alkanes of at least 4 members (excludes halogenated alkanes) is 3. The Morgan fingerprint density at radius 2 is 1.23 bits per heavy atom. The number of hydrogen-bond acceptors (Lipinski definition) is 8. The highest BCUT2D eigenvalue weighted by atomic mass is 16.6. The third kappa shape index (κ3) is 5.11. The maximum Gasteiger partial charge on any atom is 0.327 e. The third-order valence-electron chi connectivity index (χ3n) is 5.55. The van der Waals surface area contributed by atoms with E-state index in [9.17, 15) is 24.3 Å². The van der Waals surface area contributed by atoms with Gasteiger partial charge in [0, 0.05) is 0 Å². The molecule has 0 aromatic rings. The van der Waals surface area contributed by atoms with Gasteiger partial charge in [-0.15, -0.1) is 0 Å². The maximum atomic E-state index is 13.2. The Morgan fingerprint density at radius 1 is 0.833 bits per heavy atom. The SMILES string of the molecule is CCCCOC(=O)C1(N)CCC(C(=O)O)C1(C(=O)OCCCC)C(=O)OCCCC. The fourth-order valence-corrected chi connectivity index (χ4v) is 3.68. The van der Waals surface area contributed by atoms with Gasteiger partial charge < -0.3 is 25.1 Å².